The second-order valence-electron chi connectivity index (χ2n) is 6.15. The maximum absolute atomic E-state index is 12.2. The summed E-state index contributed by atoms with van der Waals surface area (Å²) in [4.78, 5) is 9.95. The van der Waals surface area contributed by atoms with Crippen molar-refractivity contribution in [2.24, 2.45) is 0 Å². The van der Waals surface area contributed by atoms with Crippen LogP contribution in [0.15, 0.2) is 48.5 Å². The van der Waals surface area contributed by atoms with E-state index in [1.54, 1.807) is 24.3 Å². The summed E-state index contributed by atoms with van der Waals surface area (Å²) in [7, 11) is -4.21. The fraction of sp³-hybridized carbons (Fsp3) is 0.400. The quantitative estimate of drug-likeness (QED) is 0.382. The first kappa shape index (κ1) is 22.8. The van der Waals surface area contributed by atoms with E-state index in [2.05, 4.69) is 13.8 Å². The molecule has 0 aromatic heterocycles. The maximum Gasteiger partial charge on any atom is 0.584 e. The Labute approximate surface area is 166 Å². The minimum atomic E-state index is -4.21. The van der Waals surface area contributed by atoms with E-state index in [1.165, 1.54) is 11.1 Å². The first-order chi connectivity index (χ1) is 12.0. The van der Waals surface area contributed by atoms with Gasteiger partial charge in [0.05, 0.1) is 0 Å². The van der Waals surface area contributed by atoms with E-state index in [-0.39, 0.29) is 16.5 Å². The zero-order valence-electron chi connectivity index (χ0n) is 15.3. The summed E-state index contributed by atoms with van der Waals surface area (Å²) < 4.78 is 22.5. The third-order valence-corrected chi connectivity index (χ3v) is 4.81. The molecule has 4 nitrogen and oxygen atoms in total. The molecule has 0 radical (unpaired) electrons. The van der Waals surface area contributed by atoms with Gasteiger partial charge in [-0.05, 0) is 61.1 Å². The zero-order chi connectivity index (χ0) is 18.1. The van der Waals surface area contributed by atoms with Crippen LogP contribution in [0.4, 0.5) is 0 Å². The van der Waals surface area contributed by atoms with Gasteiger partial charge in [0.1, 0.15) is 11.5 Å². The summed E-state index contributed by atoms with van der Waals surface area (Å²) in [6, 6.07) is 14.4. The molecule has 6 heteroatoms. The van der Waals surface area contributed by atoms with Crippen molar-refractivity contribution in [3.63, 3.8) is 0 Å². The molecule has 0 heterocycles. The molecule has 1 N–H and O–H groups in total. The van der Waals surface area contributed by atoms with Gasteiger partial charge in [-0.2, -0.15) is 0 Å². The fourth-order valence-electron chi connectivity index (χ4n) is 2.48. The number of benzene rings is 2. The molecule has 26 heavy (non-hydrogen) atoms. The van der Waals surface area contributed by atoms with Crippen LogP contribution in [0.25, 0.3) is 0 Å². The molecule has 0 aliphatic heterocycles. The molecule has 2 rings (SSSR count). The minimum Gasteiger partial charge on any atom is -0.395 e. The van der Waals surface area contributed by atoms with Crippen LogP contribution in [0.2, 0.25) is 0 Å². The van der Waals surface area contributed by atoms with E-state index >= 15 is 0 Å². The molecule has 146 valence electrons. The van der Waals surface area contributed by atoms with E-state index in [1.807, 2.05) is 24.3 Å². The van der Waals surface area contributed by atoms with E-state index in [4.69, 9.17) is 9.05 Å². The molecular formula is C20H27NiO4P. The van der Waals surface area contributed by atoms with E-state index in [0.717, 1.165) is 38.5 Å². The second-order valence-corrected chi connectivity index (χ2v) is 7.45. The predicted octanol–water partition coefficient (Wildman–Crippen LogP) is 5.93. The van der Waals surface area contributed by atoms with Crippen LogP contribution >= 0.6 is 7.82 Å². The van der Waals surface area contributed by atoms with Crippen LogP contribution < -0.4 is 9.05 Å². The minimum absolute atomic E-state index is 0. The second kappa shape index (κ2) is 11.4. The fourth-order valence-corrected chi connectivity index (χ4v) is 3.29. The van der Waals surface area contributed by atoms with Gasteiger partial charge in [-0.3, -0.25) is 4.89 Å². The molecule has 0 fully saturated rings. The Kier molecular flexibility index (Phi) is 10.0. The summed E-state index contributed by atoms with van der Waals surface area (Å²) in [6.45, 7) is 4.29. The number of aryl methyl sites for hydroxylation is 2. The number of phosphoric ester groups is 1. The Morgan fingerprint density at radius 2 is 1.12 bits per heavy atom. The van der Waals surface area contributed by atoms with Gasteiger partial charge in [0, 0.05) is 16.5 Å². The van der Waals surface area contributed by atoms with Gasteiger partial charge >= 0.3 is 7.82 Å². The Morgan fingerprint density at radius 3 is 1.42 bits per heavy atom. The van der Waals surface area contributed by atoms with Crippen LogP contribution in [0.3, 0.4) is 0 Å². The Balaban J connectivity index is 0.00000338. The van der Waals surface area contributed by atoms with Crippen molar-refractivity contribution < 1.29 is 35.0 Å². The largest absolute Gasteiger partial charge is 0.584 e. The molecule has 0 saturated carbocycles. The van der Waals surface area contributed by atoms with Gasteiger partial charge in [-0.1, -0.05) is 51.0 Å². The standard InChI is InChI=1S/C20H27O4P.Ni/c1-3-5-7-17-9-13-19(14-10-17)23-25(21,22)24-20-15-11-18(12-16-20)8-6-4-2;/h9-16H,3-8H2,1-2H3,(H,21,22);. The number of hydrogen-bond acceptors (Lipinski definition) is 3. The van der Waals surface area contributed by atoms with Crippen LogP contribution in [0, 0.1) is 0 Å². The van der Waals surface area contributed by atoms with Crippen molar-refractivity contribution in [1.29, 1.82) is 0 Å². The molecule has 0 atom stereocenters. The Morgan fingerprint density at radius 1 is 0.769 bits per heavy atom. The maximum atomic E-state index is 12.2. The van der Waals surface area contributed by atoms with Gasteiger partial charge in [0.15, 0.2) is 0 Å². The van der Waals surface area contributed by atoms with E-state index in [0.29, 0.717) is 11.5 Å². The van der Waals surface area contributed by atoms with E-state index < -0.39 is 7.82 Å². The molecular weight excluding hydrogens is 394 g/mol. The van der Waals surface area contributed by atoms with Crippen molar-refractivity contribution in [3.8, 4) is 11.5 Å². The van der Waals surface area contributed by atoms with Crippen molar-refractivity contribution in [2.75, 3.05) is 0 Å². The molecule has 0 spiro atoms. The van der Waals surface area contributed by atoms with Crippen LogP contribution in [-0.4, -0.2) is 4.89 Å². The predicted molar refractivity (Wildman–Crippen MR) is 101 cm³/mol. The summed E-state index contributed by atoms with van der Waals surface area (Å²) in [5.41, 5.74) is 2.37. The van der Waals surface area contributed by atoms with Crippen LogP contribution in [0.5, 0.6) is 11.5 Å². The number of rotatable bonds is 10. The summed E-state index contributed by atoms with van der Waals surface area (Å²) in [5, 5.41) is 0. The molecule has 0 aliphatic carbocycles. The van der Waals surface area contributed by atoms with Gasteiger partial charge < -0.3 is 9.05 Å². The number of hydrogen-bond donors (Lipinski definition) is 1. The number of phosphoric acid groups is 1. The van der Waals surface area contributed by atoms with Crippen LogP contribution in [0.1, 0.15) is 50.7 Å². The SMILES string of the molecule is CCCCc1ccc(OP(=O)(O)Oc2ccc(CCCC)cc2)cc1.[Ni]. The third-order valence-electron chi connectivity index (χ3n) is 3.93. The van der Waals surface area contributed by atoms with Gasteiger partial charge in [-0.15, -0.1) is 0 Å². The average molecular weight is 421 g/mol. The first-order valence-corrected chi connectivity index (χ1v) is 10.4. The summed E-state index contributed by atoms with van der Waals surface area (Å²) in [6.07, 6.45) is 6.50. The van der Waals surface area contributed by atoms with Gasteiger partial charge in [0.2, 0.25) is 0 Å². The molecule has 2 aromatic rings. The molecule has 0 saturated heterocycles. The number of unbranched alkanes of at least 4 members (excludes halogenated alkanes) is 2. The molecule has 2 aromatic carbocycles. The monoisotopic (exact) mass is 420 g/mol. The zero-order valence-corrected chi connectivity index (χ0v) is 17.2. The molecule has 0 amide bonds. The van der Waals surface area contributed by atoms with Gasteiger partial charge in [-0.25, -0.2) is 4.57 Å². The Bertz CT molecular complexity index is 628. The van der Waals surface area contributed by atoms with Gasteiger partial charge in [0.25, 0.3) is 0 Å². The van der Waals surface area contributed by atoms with Crippen LogP contribution in [-0.2, 0) is 33.9 Å². The summed E-state index contributed by atoms with van der Waals surface area (Å²) >= 11 is 0. The smallest absolute Gasteiger partial charge is 0.395 e. The van der Waals surface area contributed by atoms with Crippen molar-refractivity contribution >= 4 is 7.82 Å². The van der Waals surface area contributed by atoms with E-state index in [9.17, 15) is 9.46 Å². The normalized spacial score (nSPS) is 10.9. The first-order valence-electron chi connectivity index (χ1n) is 8.92. The van der Waals surface area contributed by atoms with Crippen molar-refractivity contribution in [1.82, 2.24) is 0 Å². The molecule has 0 bridgehead atoms. The Hall–Kier alpha value is -1.28. The summed E-state index contributed by atoms with van der Waals surface area (Å²) in [5.74, 6) is 0.649. The topological polar surface area (TPSA) is 55.8 Å². The average Bonchev–Trinajstić information content (AvgIpc) is 2.60. The third kappa shape index (κ3) is 7.95. The molecule has 0 aliphatic rings. The molecule has 0 unspecified atom stereocenters. The van der Waals surface area contributed by atoms with Crippen molar-refractivity contribution in [3.05, 3.63) is 59.7 Å². The van der Waals surface area contributed by atoms with Crippen molar-refractivity contribution in [2.45, 2.75) is 52.4 Å².